The lowest BCUT2D eigenvalue weighted by molar-refractivity contribution is -0.154. The molecule has 4 aromatic rings. The van der Waals surface area contributed by atoms with Crippen LogP contribution in [0.4, 0.5) is 18.9 Å². The van der Waals surface area contributed by atoms with Gasteiger partial charge in [-0.15, -0.1) is 0 Å². The normalized spacial score (nSPS) is 11.3. The Labute approximate surface area is 201 Å². The highest BCUT2D eigenvalue weighted by Crippen LogP contribution is 2.39. The number of anilines is 1. The summed E-state index contributed by atoms with van der Waals surface area (Å²) in [5.74, 6) is -3.23. The number of carbonyl (C=O) groups is 1. The summed E-state index contributed by atoms with van der Waals surface area (Å²) in [5.41, 5.74) is 0.0299. The van der Waals surface area contributed by atoms with Crippen LogP contribution in [-0.2, 0) is 11.0 Å². The Balaban J connectivity index is 1.62. The number of rotatable bonds is 6. The van der Waals surface area contributed by atoms with E-state index in [1.807, 2.05) is 19.1 Å². The molecular weight excluding hydrogens is 487 g/mol. The number of benzene rings is 3. The number of aryl methyl sites for hydroxylation is 1. The first kappa shape index (κ1) is 24.2. The SMILES string of the molecule is Cc1ccccc1NC(=O)COc1ccc2c(=O)c(Oc3ccccc3Cl)c(C(F)(F)F)oc2c1. The zero-order valence-corrected chi connectivity index (χ0v) is 18.9. The van der Waals surface area contributed by atoms with Gasteiger partial charge in [0.05, 0.1) is 10.4 Å². The van der Waals surface area contributed by atoms with E-state index in [2.05, 4.69) is 5.32 Å². The van der Waals surface area contributed by atoms with Crippen molar-refractivity contribution in [1.29, 1.82) is 0 Å². The topological polar surface area (TPSA) is 77.8 Å². The van der Waals surface area contributed by atoms with Crippen molar-refractivity contribution in [2.45, 2.75) is 13.1 Å². The number of alkyl halides is 3. The highest BCUT2D eigenvalue weighted by Gasteiger charge is 2.40. The van der Waals surface area contributed by atoms with Crippen LogP contribution in [0.1, 0.15) is 11.3 Å². The van der Waals surface area contributed by atoms with Gasteiger partial charge in [-0.1, -0.05) is 41.9 Å². The number of halogens is 4. The van der Waals surface area contributed by atoms with Crippen molar-refractivity contribution in [3.05, 3.63) is 93.3 Å². The van der Waals surface area contributed by atoms with E-state index in [4.69, 9.17) is 25.5 Å². The van der Waals surface area contributed by atoms with Crippen molar-refractivity contribution < 1.29 is 31.9 Å². The summed E-state index contributed by atoms with van der Waals surface area (Å²) < 4.78 is 56.8. The van der Waals surface area contributed by atoms with E-state index in [-0.39, 0.29) is 27.5 Å². The smallest absolute Gasteiger partial charge is 0.453 e. The van der Waals surface area contributed by atoms with Gasteiger partial charge in [0.2, 0.25) is 11.2 Å². The average Bonchev–Trinajstić information content (AvgIpc) is 2.81. The molecule has 1 N–H and O–H groups in total. The molecule has 1 aromatic heterocycles. The number of fused-ring (bicyclic) bond motifs is 1. The summed E-state index contributed by atoms with van der Waals surface area (Å²) >= 11 is 5.96. The van der Waals surface area contributed by atoms with E-state index in [0.717, 1.165) is 11.6 Å². The number of hydrogen-bond acceptors (Lipinski definition) is 5. The minimum absolute atomic E-state index is 0.0212. The molecule has 0 saturated heterocycles. The minimum atomic E-state index is -5.03. The van der Waals surface area contributed by atoms with Crippen LogP contribution >= 0.6 is 11.6 Å². The molecule has 10 heteroatoms. The third-order valence-electron chi connectivity index (χ3n) is 4.92. The molecule has 0 aliphatic rings. The van der Waals surface area contributed by atoms with Crippen molar-refractivity contribution in [3.63, 3.8) is 0 Å². The number of carbonyl (C=O) groups excluding carboxylic acids is 1. The molecular formula is C25H17ClF3NO5. The zero-order chi connectivity index (χ0) is 25.2. The Morgan fingerprint density at radius 2 is 1.77 bits per heavy atom. The summed E-state index contributed by atoms with van der Waals surface area (Å²) in [7, 11) is 0. The van der Waals surface area contributed by atoms with Gasteiger partial charge in [0.1, 0.15) is 17.1 Å². The van der Waals surface area contributed by atoms with Gasteiger partial charge in [-0.05, 0) is 42.8 Å². The predicted octanol–water partition coefficient (Wildman–Crippen LogP) is 6.58. The second-order valence-corrected chi connectivity index (χ2v) is 7.84. The van der Waals surface area contributed by atoms with Gasteiger partial charge in [0.25, 0.3) is 11.7 Å². The zero-order valence-electron chi connectivity index (χ0n) is 18.1. The van der Waals surface area contributed by atoms with Crippen LogP contribution < -0.4 is 20.2 Å². The Kier molecular flexibility index (Phi) is 6.70. The molecule has 4 rings (SSSR count). The summed E-state index contributed by atoms with van der Waals surface area (Å²) in [6, 6.07) is 16.6. The molecule has 1 heterocycles. The molecule has 6 nitrogen and oxygen atoms in total. The highest BCUT2D eigenvalue weighted by atomic mass is 35.5. The van der Waals surface area contributed by atoms with E-state index < -0.39 is 35.6 Å². The number of hydrogen-bond donors (Lipinski definition) is 1. The Bertz CT molecular complexity index is 1470. The third kappa shape index (κ3) is 5.41. The van der Waals surface area contributed by atoms with Crippen LogP contribution in [0.3, 0.4) is 0 Å². The molecule has 0 atom stereocenters. The Morgan fingerprint density at radius 3 is 2.49 bits per heavy atom. The molecule has 3 aromatic carbocycles. The predicted molar refractivity (Wildman–Crippen MR) is 124 cm³/mol. The van der Waals surface area contributed by atoms with Crippen molar-refractivity contribution in [1.82, 2.24) is 0 Å². The number of ether oxygens (including phenoxy) is 2. The minimum Gasteiger partial charge on any atom is -0.484 e. The molecule has 0 unspecified atom stereocenters. The highest BCUT2D eigenvalue weighted by molar-refractivity contribution is 6.32. The van der Waals surface area contributed by atoms with Gasteiger partial charge in [-0.2, -0.15) is 13.2 Å². The lowest BCUT2D eigenvalue weighted by Crippen LogP contribution is -2.20. The maximum Gasteiger partial charge on any atom is 0.453 e. The molecule has 35 heavy (non-hydrogen) atoms. The summed E-state index contributed by atoms with van der Waals surface area (Å²) in [4.78, 5) is 25.1. The average molecular weight is 504 g/mol. The van der Waals surface area contributed by atoms with E-state index >= 15 is 0 Å². The largest absolute Gasteiger partial charge is 0.484 e. The van der Waals surface area contributed by atoms with Crippen molar-refractivity contribution in [3.8, 4) is 17.2 Å². The first-order valence-corrected chi connectivity index (χ1v) is 10.6. The molecule has 0 aliphatic carbocycles. The second-order valence-electron chi connectivity index (χ2n) is 7.43. The second kappa shape index (κ2) is 9.71. The van der Waals surface area contributed by atoms with Crippen LogP contribution in [0.25, 0.3) is 11.0 Å². The summed E-state index contributed by atoms with van der Waals surface area (Å²) in [6.45, 7) is 1.41. The fraction of sp³-hybridized carbons (Fsp3) is 0.120. The van der Waals surface area contributed by atoms with Gasteiger partial charge in [-0.3, -0.25) is 9.59 Å². The van der Waals surface area contributed by atoms with Crippen molar-refractivity contribution in [2.24, 2.45) is 0 Å². The number of amides is 1. The van der Waals surface area contributed by atoms with Gasteiger partial charge >= 0.3 is 6.18 Å². The Hall–Kier alpha value is -3.98. The quantitative estimate of drug-likeness (QED) is 0.321. The molecule has 0 fully saturated rings. The molecule has 180 valence electrons. The maximum atomic E-state index is 13.7. The van der Waals surface area contributed by atoms with E-state index in [0.29, 0.717) is 5.69 Å². The molecule has 1 amide bonds. The fourth-order valence-corrected chi connectivity index (χ4v) is 3.39. The van der Waals surface area contributed by atoms with E-state index in [1.54, 1.807) is 18.2 Å². The maximum absolute atomic E-state index is 13.7. The van der Waals surface area contributed by atoms with Crippen LogP contribution in [0.5, 0.6) is 17.2 Å². The van der Waals surface area contributed by atoms with Crippen LogP contribution in [-0.4, -0.2) is 12.5 Å². The molecule has 0 bridgehead atoms. The van der Waals surface area contributed by atoms with Gasteiger partial charge in [0, 0.05) is 11.8 Å². The monoisotopic (exact) mass is 503 g/mol. The molecule has 0 spiro atoms. The molecule has 0 radical (unpaired) electrons. The van der Waals surface area contributed by atoms with E-state index in [1.165, 1.54) is 30.3 Å². The number of nitrogens with one attached hydrogen (secondary N) is 1. The Morgan fingerprint density at radius 1 is 1.06 bits per heavy atom. The fourth-order valence-electron chi connectivity index (χ4n) is 3.21. The van der Waals surface area contributed by atoms with Gasteiger partial charge in [-0.25, -0.2) is 0 Å². The van der Waals surface area contributed by atoms with Gasteiger partial charge < -0.3 is 19.2 Å². The third-order valence-corrected chi connectivity index (χ3v) is 5.23. The molecule has 0 aliphatic heterocycles. The first-order valence-electron chi connectivity index (χ1n) is 10.2. The summed E-state index contributed by atoms with van der Waals surface area (Å²) in [5, 5.41) is 2.53. The number of para-hydroxylation sites is 2. The van der Waals surface area contributed by atoms with Gasteiger partial charge in [0.15, 0.2) is 6.61 Å². The van der Waals surface area contributed by atoms with E-state index in [9.17, 15) is 22.8 Å². The van der Waals surface area contributed by atoms with Crippen LogP contribution in [0.15, 0.2) is 75.9 Å². The lowest BCUT2D eigenvalue weighted by Gasteiger charge is -2.14. The van der Waals surface area contributed by atoms with Crippen molar-refractivity contribution in [2.75, 3.05) is 11.9 Å². The first-order chi connectivity index (χ1) is 16.6. The molecule has 0 saturated carbocycles. The van der Waals surface area contributed by atoms with Crippen LogP contribution in [0.2, 0.25) is 5.02 Å². The summed E-state index contributed by atoms with van der Waals surface area (Å²) in [6.07, 6.45) is -5.03. The standard InChI is InChI=1S/C25H17ClF3NO5/c1-14-6-2-4-8-18(14)30-21(31)13-33-15-10-11-16-20(12-15)35-24(25(27,28)29)23(22(16)32)34-19-9-5-3-7-17(19)26/h2-12H,13H2,1H3,(H,30,31). The lowest BCUT2D eigenvalue weighted by atomic mass is 10.2. The van der Waals surface area contributed by atoms with Crippen LogP contribution in [0, 0.1) is 6.92 Å². The van der Waals surface area contributed by atoms with Crippen molar-refractivity contribution >= 4 is 34.2 Å².